The van der Waals surface area contributed by atoms with Crippen molar-refractivity contribution in [3.63, 3.8) is 0 Å². The van der Waals surface area contributed by atoms with Gasteiger partial charge in [0, 0.05) is 12.5 Å². The maximum Gasteiger partial charge on any atom is 0.199 e. The summed E-state index contributed by atoms with van der Waals surface area (Å²) in [6, 6.07) is 15.7. The van der Waals surface area contributed by atoms with E-state index in [2.05, 4.69) is 6.92 Å². The van der Waals surface area contributed by atoms with Gasteiger partial charge in [0.1, 0.15) is 17.6 Å². The Hall–Kier alpha value is -2.33. The summed E-state index contributed by atoms with van der Waals surface area (Å²) in [5.41, 5.74) is 1.68. The molecule has 0 aliphatic carbocycles. The maximum absolute atomic E-state index is 13.5. The van der Waals surface area contributed by atoms with E-state index in [0.717, 1.165) is 44.3 Å². The number of hydrogen-bond donors (Lipinski definition) is 0. The topological polar surface area (TPSA) is 44.8 Å². The molecule has 2 aliphatic heterocycles. The van der Waals surface area contributed by atoms with Crippen LogP contribution < -0.4 is 9.47 Å². The minimum atomic E-state index is -0.256. The average Bonchev–Trinajstić information content (AvgIpc) is 2.80. The molecule has 0 saturated carbocycles. The molecular formula is C27H34O4. The number of fused-ring (bicyclic) bond motifs is 1. The summed E-state index contributed by atoms with van der Waals surface area (Å²) in [4.78, 5) is 13.5. The minimum absolute atomic E-state index is 0.145. The van der Waals surface area contributed by atoms with Gasteiger partial charge in [-0.15, -0.1) is 0 Å². The maximum atomic E-state index is 13.5. The fourth-order valence-corrected chi connectivity index (χ4v) is 4.60. The first-order valence-electron chi connectivity index (χ1n) is 11.9. The number of unbranched alkanes of at least 4 members (excludes halogenated alkanes) is 4. The Morgan fingerprint density at radius 2 is 1.84 bits per heavy atom. The van der Waals surface area contributed by atoms with E-state index in [1.807, 2.05) is 48.5 Å². The zero-order chi connectivity index (χ0) is 21.5. The lowest BCUT2D eigenvalue weighted by atomic mass is 9.82. The van der Waals surface area contributed by atoms with Crippen molar-refractivity contribution >= 4 is 5.78 Å². The molecule has 0 aromatic heterocycles. The highest BCUT2D eigenvalue weighted by Gasteiger charge is 2.38. The van der Waals surface area contributed by atoms with E-state index < -0.39 is 0 Å². The van der Waals surface area contributed by atoms with Gasteiger partial charge < -0.3 is 14.2 Å². The molecular weight excluding hydrogens is 388 g/mol. The van der Waals surface area contributed by atoms with Gasteiger partial charge in [-0.1, -0.05) is 62.9 Å². The predicted octanol–water partition coefficient (Wildman–Crippen LogP) is 6.68. The van der Waals surface area contributed by atoms with Gasteiger partial charge in [-0.05, 0) is 43.4 Å². The largest absolute Gasteiger partial charge is 0.488 e. The number of benzene rings is 2. The van der Waals surface area contributed by atoms with Crippen molar-refractivity contribution in [2.75, 3.05) is 6.61 Å². The third kappa shape index (κ3) is 5.48. The molecule has 3 atom stereocenters. The molecule has 1 fully saturated rings. The molecule has 2 heterocycles. The van der Waals surface area contributed by atoms with Gasteiger partial charge in [0.05, 0.1) is 18.1 Å². The second-order valence-corrected chi connectivity index (χ2v) is 8.68. The van der Waals surface area contributed by atoms with Crippen LogP contribution in [0.4, 0.5) is 0 Å². The lowest BCUT2D eigenvalue weighted by molar-refractivity contribution is -0.106. The smallest absolute Gasteiger partial charge is 0.199 e. The van der Waals surface area contributed by atoms with Gasteiger partial charge in [-0.3, -0.25) is 4.79 Å². The second-order valence-electron chi connectivity index (χ2n) is 8.68. The second kappa shape index (κ2) is 10.8. The highest BCUT2D eigenvalue weighted by molar-refractivity contribution is 6.04. The zero-order valence-corrected chi connectivity index (χ0v) is 18.6. The third-order valence-electron chi connectivity index (χ3n) is 6.31. The Labute approximate surface area is 185 Å². The number of ether oxygens (including phenoxy) is 3. The van der Waals surface area contributed by atoms with Gasteiger partial charge in [0.15, 0.2) is 12.1 Å². The van der Waals surface area contributed by atoms with Crippen molar-refractivity contribution in [1.29, 1.82) is 0 Å². The lowest BCUT2D eigenvalue weighted by Crippen LogP contribution is -2.36. The van der Waals surface area contributed by atoms with Crippen LogP contribution in [-0.4, -0.2) is 24.8 Å². The summed E-state index contributed by atoms with van der Waals surface area (Å²) in [6.45, 7) is 2.97. The number of carbonyl (C=O) groups is 1. The highest BCUT2D eigenvalue weighted by Crippen LogP contribution is 2.40. The molecule has 166 valence electrons. The van der Waals surface area contributed by atoms with E-state index in [0.29, 0.717) is 17.1 Å². The Bertz CT molecular complexity index is 842. The van der Waals surface area contributed by atoms with Crippen LogP contribution in [0.1, 0.15) is 86.6 Å². The molecule has 0 N–H and O–H groups in total. The standard InChI is InChI=1S/C27H34O4/c1-2-3-4-5-9-14-23-26(20-12-7-6-8-13-20)27(28)22-17-16-21(19-24(22)31-23)30-25-15-10-11-18-29-25/h6-8,12-13,16-17,19,23,25-26H,2-5,9-11,14-15,18H2,1H3/t23-,25?,26-/m1/s1. The van der Waals surface area contributed by atoms with Crippen LogP contribution in [0.2, 0.25) is 0 Å². The van der Waals surface area contributed by atoms with Crippen LogP contribution in [0.3, 0.4) is 0 Å². The van der Waals surface area contributed by atoms with Gasteiger partial charge in [-0.25, -0.2) is 0 Å². The summed E-state index contributed by atoms with van der Waals surface area (Å²) >= 11 is 0. The fourth-order valence-electron chi connectivity index (χ4n) is 4.60. The number of ketones is 1. The molecule has 2 aliphatic rings. The normalized spacial score (nSPS) is 23.1. The van der Waals surface area contributed by atoms with Crippen LogP contribution in [0.15, 0.2) is 48.5 Å². The number of rotatable bonds is 9. The number of hydrogen-bond acceptors (Lipinski definition) is 4. The van der Waals surface area contributed by atoms with E-state index in [-0.39, 0.29) is 24.1 Å². The number of Topliss-reactive ketones (excluding diaryl/α,β-unsaturated/α-hetero) is 1. The molecule has 4 heteroatoms. The van der Waals surface area contributed by atoms with Gasteiger partial charge >= 0.3 is 0 Å². The van der Waals surface area contributed by atoms with E-state index >= 15 is 0 Å². The quantitative estimate of drug-likeness (QED) is 0.423. The molecule has 1 saturated heterocycles. The third-order valence-corrected chi connectivity index (χ3v) is 6.31. The average molecular weight is 423 g/mol. The molecule has 1 unspecified atom stereocenters. The van der Waals surface area contributed by atoms with Gasteiger partial charge in [0.25, 0.3) is 0 Å². The van der Waals surface area contributed by atoms with Crippen molar-refractivity contribution in [2.45, 2.75) is 83.0 Å². The summed E-state index contributed by atoms with van der Waals surface area (Å²) in [6.07, 6.45) is 9.60. The summed E-state index contributed by atoms with van der Waals surface area (Å²) in [5, 5.41) is 0. The molecule has 0 amide bonds. The Morgan fingerprint density at radius 3 is 2.61 bits per heavy atom. The zero-order valence-electron chi connectivity index (χ0n) is 18.6. The minimum Gasteiger partial charge on any atom is -0.488 e. The van der Waals surface area contributed by atoms with E-state index in [1.54, 1.807) is 0 Å². The van der Waals surface area contributed by atoms with Crippen molar-refractivity contribution in [3.05, 3.63) is 59.7 Å². The van der Waals surface area contributed by atoms with Crippen LogP contribution in [0.25, 0.3) is 0 Å². The van der Waals surface area contributed by atoms with Crippen molar-refractivity contribution in [1.82, 2.24) is 0 Å². The predicted molar refractivity (Wildman–Crippen MR) is 122 cm³/mol. The SMILES string of the molecule is CCCCCCC[C@H]1Oc2cc(OC3CCCCO3)ccc2C(=O)[C@@H]1c1ccccc1. The molecule has 2 aromatic rings. The molecule has 4 rings (SSSR count). The van der Waals surface area contributed by atoms with Crippen LogP contribution >= 0.6 is 0 Å². The molecule has 31 heavy (non-hydrogen) atoms. The summed E-state index contributed by atoms with van der Waals surface area (Å²) in [5.74, 6) is 1.24. The highest BCUT2D eigenvalue weighted by atomic mass is 16.7. The summed E-state index contributed by atoms with van der Waals surface area (Å²) in [7, 11) is 0. The Kier molecular flexibility index (Phi) is 7.63. The molecule has 2 aromatic carbocycles. The van der Waals surface area contributed by atoms with Crippen molar-refractivity contribution in [2.24, 2.45) is 0 Å². The van der Waals surface area contributed by atoms with Crippen LogP contribution in [-0.2, 0) is 4.74 Å². The molecule has 0 radical (unpaired) electrons. The first-order chi connectivity index (χ1) is 15.3. The van der Waals surface area contributed by atoms with Crippen molar-refractivity contribution in [3.8, 4) is 11.5 Å². The lowest BCUT2D eigenvalue weighted by Gasteiger charge is -2.33. The molecule has 4 nitrogen and oxygen atoms in total. The first-order valence-corrected chi connectivity index (χ1v) is 11.9. The number of carbonyl (C=O) groups excluding carboxylic acids is 1. The Morgan fingerprint density at radius 1 is 1.00 bits per heavy atom. The van der Waals surface area contributed by atoms with Crippen LogP contribution in [0, 0.1) is 0 Å². The van der Waals surface area contributed by atoms with Gasteiger partial charge in [-0.2, -0.15) is 0 Å². The molecule has 0 spiro atoms. The van der Waals surface area contributed by atoms with Crippen molar-refractivity contribution < 1.29 is 19.0 Å². The molecule has 0 bridgehead atoms. The fraction of sp³-hybridized carbons (Fsp3) is 0.519. The van der Waals surface area contributed by atoms with E-state index in [9.17, 15) is 4.79 Å². The van der Waals surface area contributed by atoms with Crippen LogP contribution in [0.5, 0.6) is 11.5 Å². The summed E-state index contributed by atoms with van der Waals surface area (Å²) < 4.78 is 18.2. The first kappa shape index (κ1) is 21.9. The van der Waals surface area contributed by atoms with E-state index in [1.165, 1.54) is 25.7 Å². The monoisotopic (exact) mass is 422 g/mol. The Balaban J connectivity index is 1.53. The van der Waals surface area contributed by atoms with E-state index in [4.69, 9.17) is 14.2 Å². The van der Waals surface area contributed by atoms with Gasteiger partial charge in [0.2, 0.25) is 0 Å².